The number of alkyl halides is 3. The lowest BCUT2D eigenvalue weighted by Gasteiger charge is -2.26. The second-order valence-corrected chi connectivity index (χ2v) is 5.04. The summed E-state index contributed by atoms with van der Waals surface area (Å²) in [6.45, 7) is 4.40. The first kappa shape index (κ1) is 17.2. The number of hydrogen-bond acceptors (Lipinski definition) is 2. The average Bonchev–Trinajstić information content (AvgIpc) is 2.13. The van der Waals surface area contributed by atoms with Crippen LogP contribution in [0.4, 0.5) is 13.2 Å². The summed E-state index contributed by atoms with van der Waals surface area (Å²) < 4.78 is 37.1. The van der Waals surface area contributed by atoms with Crippen molar-refractivity contribution in [2.75, 3.05) is 13.1 Å². The zero-order valence-corrected chi connectivity index (χ0v) is 11.3. The molecular weight excluding hydrogens is 245 g/mol. The molecule has 0 spiro atoms. The summed E-state index contributed by atoms with van der Waals surface area (Å²) in [5.74, 6) is -0.513. The van der Waals surface area contributed by atoms with Crippen LogP contribution in [0.25, 0.3) is 0 Å². The van der Waals surface area contributed by atoms with Crippen molar-refractivity contribution in [2.45, 2.75) is 52.3 Å². The van der Waals surface area contributed by atoms with Crippen LogP contribution < -0.4 is 5.73 Å². The van der Waals surface area contributed by atoms with Crippen molar-refractivity contribution in [3.63, 3.8) is 0 Å². The molecule has 3 nitrogen and oxygen atoms in total. The zero-order chi connectivity index (χ0) is 14.3. The maximum absolute atomic E-state index is 12.4. The molecule has 1 atom stereocenters. The van der Waals surface area contributed by atoms with Gasteiger partial charge in [0.25, 0.3) is 0 Å². The van der Waals surface area contributed by atoms with Crippen molar-refractivity contribution >= 4 is 5.91 Å². The summed E-state index contributed by atoms with van der Waals surface area (Å²) in [5.41, 5.74) is 5.69. The van der Waals surface area contributed by atoms with Crippen molar-refractivity contribution in [1.29, 1.82) is 0 Å². The Morgan fingerprint density at radius 2 is 1.89 bits per heavy atom. The standard InChI is InChI=1S/C12H23F3N2O/c1-4-5-10(16)6-11(18)17(7-9(2)3)8-12(13,14)15/h9-10H,4-8,16H2,1-3H3. The molecule has 0 aliphatic carbocycles. The molecule has 0 aromatic heterocycles. The quantitative estimate of drug-likeness (QED) is 0.771. The minimum atomic E-state index is -4.36. The second kappa shape index (κ2) is 7.61. The topological polar surface area (TPSA) is 46.3 Å². The van der Waals surface area contributed by atoms with Crippen molar-refractivity contribution in [2.24, 2.45) is 11.7 Å². The molecule has 1 amide bonds. The number of hydrogen-bond donors (Lipinski definition) is 1. The van der Waals surface area contributed by atoms with Gasteiger partial charge >= 0.3 is 6.18 Å². The summed E-state index contributed by atoms with van der Waals surface area (Å²) >= 11 is 0. The Bertz CT molecular complexity index is 254. The van der Waals surface area contributed by atoms with Gasteiger partial charge in [0.05, 0.1) is 0 Å². The van der Waals surface area contributed by atoms with E-state index in [9.17, 15) is 18.0 Å². The fourth-order valence-electron chi connectivity index (χ4n) is 1.74. The highest BCUT2D eigenvalue weighted by Gasteiger charge is 2.33. The summed E-state index contributed by atoms with van der Waals surface area (Å²) in [6, 6.07) is -0.356. The predicted octanol–water partition coefficient (Wildman–Crippen LogP) is 2.55. The number of halogens is 3. The molecule has 108 valence electrons. The van der Waals surface area contributed by atoms with Crippen molar-refractivity contribution < 1.29 is 18.0 Å². The van der Waals surface area contributed by atoms with E-state index in [1.807, 2.05) is 6.92 Å². The van der Waals surface area contributed by atoms with Gasteiger partial charge in [-0.05, 0) is 12.3 Å². The lowest BCUT2D eigenvalue weighted by atomic mass is 10.1. The highest BCUT2D eigenvalue weighted by atomic mass is 19.4. The first-order valence-corrected chi connectivity index (χ1v) is 6.25. The molecule has 0 aromatic rings. The molecule has 6 heteroatoms. The minimum absolute atomic E-state index is 0.00120. The van der Waals surface area contributed by atoms with Gasteiger partial charge in [-0.15, -0.1) is 0 Å². The fraction of sp³-hybridized carbons (Fsp3) is 0.917. The molecule has 0 aliphatic heterocycles. The Balaban J connectivity index is 4.49. The summed E-state index contributed by atoms with van der Waals surface area (Å²) in [5, 5.41) is 0. The highest BCUT2D eigenvalue weighted by molar-refractivity contribution is 5.76. The molecule has 0 heterocycles. The van der Waals surface area contributed by atoms with Crippen molar-refractivity contribution in [3.05, 3.63) is 0 Å². The first-order valence-electron chi connectivity index (χ1n) is 6.25. The smallest absolute Gasteiger partial charge is 0.333 e. The molecule has 0 aliphatic rings. The number of carbonyl (C=O) groups excluding carboxylic acids is 1. The van der Waals surface area contributed by atoms with Crippen LogP contribution in [-0.2, 0) is 4.79 Å². The monoisotopic (exact) mass is 268 g/mol. The Labute approximate surface area is 107 Å². The molecular formula is C12H23F3N2O. The van der Waals surface area contributed by atoms with Gasteiger partial charge in [0, 0.05) is 19.0 Å². The van der Waals surface area contributed by atoms with Crippen LogP contribution in [0.5, 0.6) is 0 Å². The van der Waals surface area contributed by atoms with Crippen LogP contribution in [0.15, 0.2) is 0 Å². The van der Waals surface area contributed by atoms with Crippen LogP contribution in [0, 0.1) is 5.92 Å². The van der Waals surface area contributed by atoms with E-state index in [1.165, 1.54) is 0 Å². The van der Waals surface area contributed by atoms with E-state index in [0.29, 0.717) is 6.42 Å². The normalized spacial score (nSPS) is 13.8. The zero-order valence-electron chi connectivity index (χ0n) is 11.3. The molecule has 0 bridgehead atoms. The van der Waals surface area contributed by atoms with E-state index in [0.717, 1.165) is 11.3 Å². The molecule has 0 aromatic carbocycles. The Kier molecular flexibility index (Phi) is 7.28. The number of nitrogens with zero attached hydrogens (tertiary/aromatic N) is 1. The largest absolute Gasteiger partial charge is 0.406 e. The van der Waals surface area contributed by atoms with E-state index in [4.69, 9.17) is 5.73 Å². The number of amides is 1. The third-order valence-corrected chi connectivity index (χ3v) is 2.40. The van der Waals surface area contributed by atoms with Crippen LogP contribution >= 0.6 is 0 Å². The van der Waals surface area contributed by atoms with Crippen LogP contribution in [0.3, 0.4) is 0 Å². The van der Waals surface area contributed by atoms with Gasteiger partial charge in [0.2, 0.25) is 5.91 Å². The lowest BCUT2D eigenvalue weighted by molar-refractivity contribution is -0.162. The van der Waals surface area contributed by atoms with Gasteiger partial charge in [-0.3, -0.25) is 4.79 Å². The Hall–Kier alpha value is -0.780. The first-order chi connectivity index (χ1) is 8.15. The molecule has 2 N–H and O–H groups in total. The van der Waals surface area contributed by atoms with Gasteiger partial charge in [0.1, 0.15) is 6.54 Å². The maximum atomic E-state index is 12.4. The molecule has 0 radical (unpaired) electrons. The SMILES string of the molecule is CCCC(N)CC(=O)N(CC(C)C)CC(F)(F)F. The van der Waals surface area contributed by atoms with Gasteiger partial charge in [-0.2, -0.15) is 13.2 Å². The van der Waals surface area contributed by atoms with Crippen LogP contribution in [0.1, 0.15) is 40.0 Å². The number of nitrogens with two attached hydrogens (primary N) is 1. The Morgan fingerprint density at radius 3 is 2.28 bits per heavy atom. The average molecular weight is 268 g/mol. The second-order valence-electron chi connectivity index (χ2n) is 5.04. The number of carbonyl (C=O) groups is 1. The van der Waals surface area contributed by atoms with E-state index in [-0.39, 0.29) is 24.9 Å². The van der Waals surface area contributed by atoms with Gasteiger partial charge in [-0.1, -0.05) is 27.2 Å². The number of rotatable bonds is 7. The molecule has 18 heavy (non-hydrogen) atoms. The van der Waals surface area contributed by atoms with Gasteiger partial charge < -0.3 is 10.6 Å². The van der Waals surface area contributed by atoms with Crippen molar-refractivity contribution in [1.82, 2.24) is 4.90 Å². The van der Waals surface area contributed by atoms with E-state index < -0.39 is 18.6 Å². The fourth-order valence-corrected chi connectivity index (χ4v) is 1.74. The summed E-state index contributed by atoms with van der Waals surface area (Å²) in [7, 11) is 0. The van der Waals surface area contributed by atoms with Crippen LogP contribution in [0.2, 0.25) is 0 Å². The minimum Gasteiger partial charge on any atom is -0.333 e. The molecule has 0 saturated heterocycles. The van der Waals surface area contributed by atoms with E-state index in [1.54, 1.807) is 13.8 Å². The van der Waals surface area contributed by atoms with Gasteiger partial charge in [-0.25, -0.2) is 0 Å². The third kappa shape index (κ3) is 8.33. The maximum Gasteiger partial charge on any atom is 0.406 e. The van der Waals surface area contributed by atoms with Crippen LogP contribution in [-0.4, -0.2) is 36.1 Å². The summed E-state index contributed by atoms with van der Waals surface area (Å²) in [4.78, 5) is 12.6. The molecule has 0 rings (SSSR count). The molecule has 1 unspecified atom stereocenters. The molecule has 0 saturated carbocycles. The lowest BCUT2D eigenvalue weighted by Crippen LogP contribution is -2.43. The third-order valence-electron chi connectivity index (χ3n) is 2.40. The van der Waals surface area contributed by atoms with E-state index in [2.05, 4.69) is 0 Å². The van der Waals surface area contributed by atoms with E-state index >= 15 is 0 Å². The predicted molar refractivity (Wildman–Crippen MR) is 65.0 cm³/mol. The van der Waals surface area contributed by atoms with Gasteiger partial charge in [0.15, 0.2) is 0 Å². The Morgan fingerprint density at radius 1 is 1.33 bits per heavy atom. The summed E-state index contributed by atoms with van der Waals surface area (Å²) in [6.07, 6.45) is -2.92. The molecule has 0 fully saturated rings. The van der Waals surface area contributed by atoms with Crippen molar-refractivity contribution in [3.8, 4) is 0 Å². The highest BCUT2D eigenvalue weighted by Crippen LogP contribution is 2.18.